The van der Waals surface area contributed by atoms with Crippen molar-refractivity contribution in [2.75, 3.05) is 32.7 Å². The Morgan fingerprint density at radius 2 is 1.93 bits per heavy atom. The molecule has 0 aromatic carbocycles. The van der Waals surface area contributed by atoms with Crippen LogP contribution in [-0.2, 0) is 0 Å². The van der Waals surface area contributed by atoms with E-state index in [9.17, 15) is 0 Å². The lowest BCUT2D eigenvalue weighted by Crippen LogP contribution is -2.50. The normalized spacial score (nSPS) is 34.7. The largest absolute Gasteiger partial charge is 0.301 e. The number of hydrogen-bond acceptors (Lipinski definition) is 2. The van der Waals surface area contributed by atoms with E-state index in [0.29, 0.717) is 0 Å². The van der Waals surface area contributed by atoms with Gasteiger partial charge in [-0.25, -0.2) is 0 Å². The molecular formula is C12H22N2. The number of fused-ring (bicyclic) bond motifs is 1. The first-order valence-corrected chi connectivity index (χ1v) is 6.38. The van der Waals surface area contributed by atoms with Gasteiger partial charge in [0.15, 0.2) is 0 Å². The van der Waals surface area contributed by atoms with Crippen LogP contribution in [0.3, 0.4) is 0 Å². The predicted octanol–water partition coefficient (Wildman–Crippen LogP) is 1.57. The van der Waals surface area contributed by atoms with Gasteiger partial charge >= 0.3 is 0 Å². The highest BCUT2D eigenvalue weighted by Gasteiger charge is 2.31. The lowest BCUT2D eigenvalue weighted by molar-refractivity contribution is 0.102. The predicted molar refractivity (Wildman–Crippen MR) is 58.4 cm³/mol. The van der Waals surface area contributed by atoms with Crippen molar-refractivity contribution in [3.8, 4) is 0 Å². The first-order valence-electron chi connectivity index (χ1n) is 6.38. The second-order valence-electron chi connectivity index (χ2n) is 5.36. The highest BCUT2D eigenvalue weighted by atomic mass is 15.3. The van der Waals surface area contributed by atoms with Crippen LogP contribution in [0.15, 0.2) is 0 Å². The lowest BCUT2D eigenvalue weighted by atomic mass is 10.1. The van der Waals surface area contributed by atoms with Crippen molar-refractivity contribution < 1.29 is 0 Å². The highest BCUT2D eigenvalue weighted by molar-refractivity contribution is 4.87. The monoisotopic (exact) mass is 194 g/mol. The molecule has 2 heterocycles. The van der Waals surface area contributed by atoms with Crippen molar-refractivity contribution in [3.05, 3.63) is 0 Å². The van der Waals surface area contributed by atoms with Crippen LogP contribution in [0.25, 0.3) is 0 Å². The topological polar surface area (TPSA) is 6.48 Å². The first-order chi connectivity index (χ1) is 6.92. The molecule has 1 aliphatic carbocycles. The first kappa shape index (κ1) is 9.17. The maximum atomic E-state index is 2.71. The standard InChI is InChI=1S/C12H22N2/c1-2-12-10-13(7-5-11-3-4-11)8-9-14(12)6-1/h11-12H,1-10H2. The molecule has 2 saturated heterocycles. The van der Waals surface area contributed by atoms with E-state index in [1.54, 1.807) is 0 Å². The van der Waals surface area contributed by atoms with Crippen LogP contribution in [-0.4, -0.2) is 48.6 Å². The summed E-state index contributed by atoms with van der Waals surface area (Å²) in [5.74, 6) is 1.11. The van der Waals surface area contributed by atoms with Crippen molar-refractivity contribution >= 4 is 0 Å². The second kappa shape index (κ2) is 3.82. The van der Waals surface area contributed by atoms with Gasteiger partial charge in [0.25, 0.3) is 0 Å². The van der Waals surface area contributed by atoms with Gasteiger partial charge in [-0.1, -0.05) is 12.8 Å². The molecule has 2 aliphatic heterocycles. The molecule has 1 saturated carbocycles. The fourth-order valence-electron chi connectivity index (χ4n) is 3.03. The van der Waals surface area contributed by atoms with Gasteiger partial charge < -0.3 is 4.90 Å². The number of piperazine rings is 1. The van der Waals surface area contributed by atoms with Gasteiger partial charge in [0.05, 0.1) is 0 Å². The Bertz CT molecular complexity index is 200. The fourth-order valence-corrected chi connectivity index (χ4v) is 3.03. The summed E-state index contributed by atoms with van der Waals surface area (Å²) in [6.07, 6.45) is 7.42. The van der Waals surface area contributed by atoms with E-state index in [4.69, 9.17) is 0 Å². The number of nitrogens with zero attached hydrogens (tertiary/aromatic N) is 2. The molecule has 0 amide bonds. The van der Waals surface area contributed by atoms with E-state index < -0.39 is 0 Å². The third-order valence-electron chi connectivity index (χ3n) is 4.22. The molecular weight excluding hydrogens is 172 g/mol. The molecule has 0 aromatic heterocycles. The third kappa shape index (κ3) is 1.96. The molecule has 0 aromatic rings. The van der Waals surface area contributed by atoms with Crippen molar-refractivity contribution in [3.63, 3.8) is 0 Å². The van der Waals surface area contributed by atoms with Gasteiger partial charge in [0, 0.05) is 25.7 Å². The average molecular weight is 194 g/mol. The van der Waals surface area contributed by atoms with Crippen molar-refractivity contribution in [1.29, 1.82) is 0 Å². The van der Waals surface area contributed by atoms with Crippen LogP contribution < -0.4 is 0 Å². The maximum Gasteiger partial charge on any atom is 0.0224 e. The molecule has 80 valence electrons. The van der Waals surface area contributed by atoms with Crippen LogP contribution in [0.1, 0.15) is 32.1 Å². The summed E-state index contributed by atoms with van der Waals surface area (Å²) in [5, 5.41) is 0. The summed E-state index contributed by atoms with van der Waals surface area (Å²) < 4.78 is 0. The summed E-state index contributed by atoms with van der Waals surface area (Å²) in [6, 6.07) is 0.919. The molecule has 0 bridgehead atoms. The lowest BCUT2D eigenvalue weighted by Gasteiger charge is -2.37. The number of hydrogen-bond donors (Lipinski definition) is 0. The molecule has 14 heavy (non-hydrogen) atoms. The quantitative estimate of drug-likeness (QED) is 0.673. The molecule has 3 aliphatic rings. The Labute approximate surface area is 87.3 Å². The molecule has 0 spiro atoms. The Balaban J connectivity index is 1.46. The van der Waals surface area contributed by atoms with E-state index in [-0.39, 0.29) is 0 Å². The molecule has 1 atom stereocenters. The van der Waals surface area contributed by atoms with Crippen molar-refractivity contribution in [2.24, 2.45) is 5.92 Å². The molecule has 0 radical (unpaired) electrons. The third-order valence-corrected chi connectivity index (χ3v) is 4.22. The number of rotatable bonds is 3. The Kier molecular flexibility index (Phi) is 2.50. The minimum Gasteiger partial charge on any atom is -0.301 e. The molecule has 3 fully saturated rings. The van der Waals surface area contributed by atoms with E-state index in [2.05, 4.69) is 9.80 Å². The van der Waals surface area contributed by atoms with Crippen molar-refractivity contribution in [1.82, 2.24) is 9.80 Å². The van der Waals surface area contributed by atoms with Crippen molar-refractivity contribution in [2.45, 2.75) is 38.1 Å². The van der Waals surface area contributed by atoms with Gasteiger partial charge in [-0.2, -0.15) is 0 Å². The van der Waals surface area contributed by atoms with Gasteiger partial charge in [-0.3, -0.25) is 4.90 Å². The zero-order valence-electron chi connectivity index (χ0n) is 9.12. The molecule has 2 nitrogen and oxygen atoms in total. The van der Waals surface area contributed by atoms with Gasteiger partial charge in [0.2, 0.25) is 0 Å². The summed E-state index contributed by atoms with van der Waals surface area (Å²) in [7, 11) is 0. The van der Waals surface area contributed by atoms with E-state index in [0.717, 1.165) is 12.0 Å². The molecule has 2 heteroatoms. The molecule has 3 rings (SSSR count). The minimum absolute atomic E-state index is 0.919. The highest BCUT2D eigenvalue weighted by Crippen LogP contribution is 2.32. The summed E-state index contributed by atoms with van der Waals surface area (Å²) in [4.78, 5) is 5.42. The van der Waals surface area contributed by atoms with E-state index >= 15 is 0 Å². The van der Waals surface area contributed by atoms with Crippen LogP contribution in [0.5, 0.6) is 0 Å². The van der Waals surface area contributed by atoms with Crippen LogP contribution in [0, 0.1) is 5.92 Å². The summed E-state index contributed by atoms with van der Waals surface area (Å²) in [6.45, 7) is 6.81. The smallest absolute Gasteiger partial charge is 0.0224 e. The van der Waals surface area contributed by atoms with Gasteiger partial charge in [-0.05, 0) is 38.3 Å². The van der Waals surface area contributed by atoms with E-state index in [1.165, 1.54) is 64.8 Å². The van der Waals surface area contributed by atoms with Crippen LogP contribution >= 0.6 is 0 Å². The summed E-state index contributed by atoms with van der Waals surface area (Å²) >= 11 is 0. The summed E-state index contributed by atoms with van der Waals surface area (Å²) in [5.41, 5.74) is 0. The van der Waals surface area contributed by atoms with Crippen LogP contribution in [0.4, 0.5) is 0 Å². The fraction of sp³-hybridized carbons (Fsp3) is 1.00. The Hall–Kier alpha value is -0.0800. The second-order valence-corrected chi connectivity index (χ2v) is 5.36. The maximum absolute atomic E-state index is 2.71. The SMILES string of the molecule is C1CC2CN(CCC3CC3)CCN2C1. The van der Waals surface area contributed by atoms with Crippen LogP contribution in [0.2, 0.25) is 0 Å². The van der Waals surface area contributed by atoms with Gasteiger partial charge in [0.1, 0.15) is 0 Å². The zero-order valence-corrected chi connectivity index (χ0v) is 9.12. The molecule has 0 N–H and O–H groups in total. The minimum atomic E-state index is 0.919. The average Bonchev–Trinajstić information content (AvgIpc) is 2.92. The zero-order chi connectivity index (χ0) is 9.38. The van der Waals surface area contributed by atoms with E-state index in [1.807, 2.05) is 0 Å². The Morgan fingerprint density at radius 3 is 2.79 bits per heavy atom. The van der Waals surface area contributed by atoms with Gasteiger partial charge in [-0.15, -0.1) is 0 Å². The Morgan fingerprint density at radius 1 is 1.00 bits per heavy atom. The molecule has 1 unspecified atom stereocenters.